The first-order valence-corrected chi connectivity index (χ1v) is 21.5. The molecule has 304 valence electrons. The zero-order valence-electron chi connectivity index (χ0n) is 33.2. The quantitative estimate of drug-likeness (QED) is 0.227. The highest BCUT2D eigenvalue weighted by Crippen LogP contribution is 2.46. The van der Waals surface area contributed by atoms with Gasteiger partial charge in [0.1, 0.15) is 29.2 Å². The number of sulfonamides is 1. The van der Waals surface area contributed by atoms with Crippen LogP contribution in [0.5, 0.6) is 11.5 Å². The standard InChI is InChI=1S/C43H53N5O8S/c1-6-28-25-43(28,41(52)46-57(53,54)31-16-17-31)45-39(50)36-22-30(26-48(36)40(51)33(42(2,3)4)23-38(49)47-19-11-8-12-20-47)56-37-24-34(27-13-9-7-10-14-27)44-35-21-29(55-5)15-18-32(35)37/h6-7,9-10,13-15,18,21,24,28,30-31,33,36H,1,8,11-12,16-17,19-20,22-23,25-26H2,2-5H3,(H,45,50)(H,46,52)/t28-,30-,33?,36+,43-/m1/s1. The Labute approximate surface area is 334 Å². The molecule has 2 aliphatic heterocycles. The van der Waals surface area contributed by atoms with Gasteiger partial charge in [-0.1, -0.05) is 57.2 Å². The molecular weight excluding hydrogens is 747 g/mol. The third-order valence-electron chi connectivity index (χ3n) is 11.9. The Bertz CT molecular complexity index is 2160. The highest BCUT2D eigenvalue weighted by atomic mass is 32.2. The summed E-state index contributed by atoms with van der Waals surface area (Å²) in [6, 6.07) is 15.9. The molecule has 13 nitrogen and oxygen atoms in total. The van der Waals surface area contributed by atoms with Gasteiger partial charge in [0.05, 0.1) is 36.0 Å². The van der Waals surface area contributed by atoms with E-state index in [4.69, 9.17) is 14.5 Å². The fourth-order valence-electron chi connectivity index (χ4n) is 8.14. The minimum atomic E-state index is -3.90. The Morgan fingerprint density at radius 2 is 1.75 bits per heavy atom. The Balaban J connectivity index is 1.21. The van der Waals surface area contributed by atoms with Crippen LogP contribution in [0.2, 0.25) is 0 Å². The maximum Gasteiger partial charge on any atom is 0.259 e. The number of fused-ring (bicyclic) bond motifs is 1. The van der Waals surface area contributed by atoms with Crippen LogP contribution >= 0.6 is 0 Å². The predicted octanol–water partition coefficient (Wildman–Crippen LogP) is 4.99. The number of hydrogen-bond acceptors (Lipinski definition) is 9. The first kappa shape index (κ1) is 40.2. The lowest BCUT2D eigenvalue weighted by atomic mass is 9.77. The van der Waals surface area contributed by atoms with Crippen molar-refractivity contribution in [1.82, 2.24) is 24.8 Å². The summed E-state index contributed by atoms with van der Waals surface area (Å²) < 4.78 is 40.1. The minimum absolute atomic E-state index is 0.0140. The summed E-state index contributed by atoms with van der Waals surface area (Å²) in [5.41, 5.74) is -0.0157. The van der Waals surface area contributed by atoms with Crippen molar-refractivity contribution in [2.24, 2.45) is 17.3 Å². The first-order chi connectivity index (χ1) is 27.1. The molecule has 2 aliphatic carbocycles. The Hall–Kier alpha value is -4.98. The van der Waals surface area contributed by atoms with Crippen LogP contribution in [0.25, 0.3) is 22.2 Å². The van der Waals surface area contributed by atoms with Crippen molar-refractivity contribution < 1.29 is 37.1 Å². The average Bonchev–Trinajstić information content (AvgIpc) is 4.13. The van der Waals surface area contributed by atoms with E-state index in [1.54, 1.807) is 7.11 Å². The molecule has 4 amide bonds. The number of benzene rings is 2. The van der Waals surface area contributed by atoms with Gasteiger partial charge in [0, 0.05) is 54.9 Å². The largest absolute Gasteiger partial charge is 0.497 e. The highest BCUT2D eigenvalue weighted by Gasteiger charge is 2.62. The average molecular weight is 800 g/mol. The van der Waals surface area contributed by atoms with Crippen molar-refractivity contribution in [3.8, 4) is 22.8 Å². The fourth-order valence-corrected chi connectivity index (χ4v) is 9.51. The Morgan fingerprint density at radius 3 is 2.39 bits per heavy atom. The van der Waals surface area contributed by atoms with Gasteiger partial charge >= 0.3 is 0 Å². The number of rotatable bonds is 13. The molecule has 14 heteroatoms. The molecule has 2 saturated carbocycles. The van der Waals surface area contributed by atoms with E-state index in [-0.39, 0.29) is 37.6 Å². The number of carbonyl (C=O) groups excluding carboxylic acids is 4. The van der Waals surface area contributed by atoms with Crippen molar-refractivity contribution in [2.75, 3.05) is 26.7 Å². The number of methoxy groups -OCH3 is 1. The molecule has 2 saturated heterocycles. The van der Waals surface area contributed by atoms with Crippen LogP contribution in [-0.4, -0.2) is 96.5 Å². The number of ether oxygens (including phenoxy) is 2. The molecule has 2 aromatic carbocycles. The van der Waals surface area contributed by atoms with E-state index in [2.05, 4.69) is 16.6 Å². The number of pyridine rings is 1. The van der Waals surface area contributed by atoms with Gasteiger partial charge in [0.25, 0.3) is 5.91 Å². The van der Waals surface area contributed by atoms with E-state index in [9.17, 15) is 27.6 Å². The van der Waals surface area contributed by atoms with Gasteiger partial charge in [0.15, 0.2) is 0 Å². The number of hydrogen-bond donors (Lipinski definition) is 2. The number of nitrogens with one attached hydrogen (secondary N) is 2. The van der Waals surface area contributed by atoms with Crippen LogP contribution in [-0.2, 0) is 29.2 Å². The molecule has 0 spiro atoms. The number of piperidine rings is 1. The second-order valence-electron chi connectivity index (χ2n) is 17.0. The van der Waals surface area contributed by atoms with Gasteiger partial charge in [0.2, 0.25) is 27.7 Å². The van der Waals surface area contributed by atoms with Crippen molar-refractivity contribution in [3.05, 3.63) is 67.3 Å². The second kappa shape index (κ2) is 15.8. The van der Waals surface area contributed by atoms with Crippen LogP contribution in [0.15, 0.2) is 67.3 Å². The van der Waals surface area contributed by atoms with Gasteiger partial charge in [-0.05, 0) is 56.1 Å². The van der Waals surface area contributed by atoms with E-state index in [1.165, 1.54) is 11.0 Å². The lowest BCUT2D eigenvalue weighted by Crippen LogP contribution is -2.57. The van der Waals surface area contributed by atoms with Crippen LogP contribution in [0.4, 0.5) is 0 Å². The third-order valence-corrected chi connectivity index (χ3v) is 13.7. The van der Waals surface area contributed by atoms with Gasteiger partial charge in [-0.3, -0.25) is 23.9 Å². The first-order valence-electron chi connectivity index (χ1n) is 19.9. The SMILES string of the molecule is C=C[C@@H]1C[C@]1(NC(=O)[C@@H]1C[C@@H](Oc2cc(-c3ccccc3)nc3cc(OC)ccc23)CN1C(=O)C(CC(=O)N1CCCCC1)C(C)(C)C)C(=O)NS(=O)(=O)C1CC1. The molecule has 5 atom stereocenters. The second-order valence-corrected chi connectivity index (χ2v) is 18.9. The number of aromatic nitrogens is 1. The summed E-state index contributed by atoms with van der Waals surface area (Å²) in [4.78, 5) is 64.9. The van der Waals surface area contributed by atoms with Crippen molar-refractivity contribution in [1.29, 1.82) is 0 Å². The van der Waals surface area contributed by atoms with E-state index in [0.717, 1.165) is 24.8 Å². The molecule has 4 fully saturated rings. The van der Waals surface area contributed by atoms with E-state index >= 15 is 0 Å². The van der Waals surface area contributed by atoms with Crippen LogP contribution in [0.1, 0.15) is 72.1 Å². The van der Waals surface area contributed by atoms with E-state index in [0.29, 0.717) is 54.0 Å². The molecule has 57 heavy (non-hydrogen) atoms. The molecule has 0 bridgehead atoms. The van der Waals surface area contributed by atoms with E-state index in [1.807, 2.05) is 80.3 Å². The number of amides is 4. The summed E-state index contributed by atoms with van der Waals surface area (Å²) in [6.45, 7) is 10.9. The van der Waals surface area contributed by atoms with E-state index < -0.39 is 62.0 Å². The van der Waals surface area contributed by atoms with Crippen molar-refractivity contribution in [2.45, 2.75) is 95.1 Å². The smallest absolute Gasteiger partial charge is 0.259 e. The number of likely N-dealkylation sites (tertiary alicyclic amines) is 2. The molecule has 3 heterocycles. The zero-order valence-corrected chi connectivity index (χ0v) is 34.0. The zero-order chi connectivity index (χ0) is 40.7. The summed E-state index contributed by atoms with van der Waals surface area (Å²) in [5, 5.41) is 2.94. The summed E-state index contributed by atoms with van der Waals surface area (Å²) in [5.74, 6) is -2.03. The topological polar surface area (TPSA) is 164 Å². The summed E-state index contributed by atoms with van der Waals surface area (Å²) >= 11 is 0. The molecule has 1 aromatic heterocycles. The maximum absolute atomic E-state index is 14.9. The lowest BCUT2D eigenvalue weighted by molar-refractivity contribution is -0.148. The molecule has 4 aliphatic rings. The van der Waals surface area contributed by atoms with Crippen molar-refractivity contribution in [3.63, 3.8) is 0 Å². The fraction of sp³-hybridized carbons (Fsp3) is 0.512. The normalized spacial score (nSPS) is 24.0. The minimum Gasteiger partial charge on any atom is -0.497 e. The van der Waals surface area contributed by atoms with Crippen molar-refractivity contribution >= 4 is 44.6 Å². The highest BCUT2D eigenvalue weighted by molar-refractivity contribution is 7.91. The van der Waals surface area contributed by atoms with Crippen LogP contribution < -0.4 is 19.5 Å². The molecule has 7 rings (SSSR count). The van der Waals surface area contributed by atoms with Crippen LogP contribution in [0, 0.1) is 17.3 Å². The Kier molecular flexibility index (Phi) is 11.1. The molecule has 3 aromatic rings. The molecule has 2 N–H and O–H groups in total. The molecular formula is C43H53N5O8S. The van der Waals surface area contributed by atoms with Gasteiger partial charge in [-0.15, -0.1) is 6.58 Å². The maximum atomic E-state index is 14.9. The monoisotopic (exact) mass is 799 g/mol. The predicted molar refractivity (Wildman–Crippen MR) is 216 cm³/mol. The number of carbonyl (C=O) groups is 4. The van der Waals surface area contributed by atoms with Gasteiger partial charge in [-0.2, -0.15) is 0 Å². The van der Waals surface area contributed by atoms with Gasteiger partial charge < -0.3 is 24.6 Å². The van der Waals surface area contributed by atoms with Crippen LogP contribution in [0.3, 0.4) is 0 Å². The Morgan fingerprint density at radius 1 is 1.04 bits per heavy atom. The molecule has 0 radical (unpaired) electrons. The summed E-state index contributed by atoms with van der Waals surface area (Å²) in [6.07, 6.45) is 4.91. The number of nitrogens with zero attached hydrogens (tertiary/aromatic N) is 3. The molecule has 1 unspecified atom stereocenters. The lowest BCUT2D eigenvalue weighted by Gasteiger charge is -2.36. The third kappa shape index (κ3) is 8.51. The van der Waals surface area contributed by atoms with Gasteiger partial charge in [-0.25, -0.2) is 13.4 Å². The summed E-state index contributed by atoms with van der Waals surface area (Å²) in [7, 11) is -2.31.